The van der Waals surface area contributed by atoms with Gasteiger partial charge in [0.05, 0.1) is 11.4 Å². The first-order valence-electron chi connectivity index (χ1n) is 8.87. The number of Topliss-reactive ketones (excluding diaryl/α,β-unsaturated/α-hetero) is 1. The molecule has 4 nitrogen and oxygen atoms in total. The van der Waals surface area contributed by atoms with Gasteiger partial charge in [0.2, 0.25) is 0 Å². The van der Waals surface area contributed by atoms with Crippen LogP contribution in [0.4, 0.5) is 11.4 Å². The van der Waals surface area contributed by atoms with Gasteiger partial charge in [-0.05, 0) is 35.0 Å². The number of hydrazone groups is 1. The summed E-state index contributed by atoms with van der Waals surface area (Å²) in [5.41, 5.74) is 11.8. The molecule has 0 aliphatic heterocycles. The van der Waals surface area contributed by atoms with E-state index in [0.717, 1.165) is 0 Å². The third-order valence-electron chi connectivity index (χ3n) is 4.87. The monoisotopic (exact) mass is 341 g/mol. The Morgan fingerprint density at radius 2 is 1.68 bits per heavy atom. The topological polar surface area (TPSA) is 67.5 Å². The summed E-state index contributed by atoms with van der Waals surface area (Å²) in [5.74, 6) is 0.184. The number of rotatable bonds is 2. The van der Waals surface area contributed by atoms with E-state index in [4.69, 9.17) is 5.73 Å². The zero-order valence-corrected chi connectivity index (χ0v) is 16.5. The fourth-order valence-electron chi connectivity index (χ4n) is 3.77. The van der Waals surface area contributed by atoms with Crippen molar-refractivity contribution >= 4 is 22.9 Å². The molecule has 0 saturated carbocycles. The van der Waals surface area contributed by atoms with E-state index in [1.807, 2.05) is 30.3 Å². The molecular formula is C21H31N3O. The number of hydrogen-bond donors (Lipinski definition) is 2. The summed E-state index contributed by atoms with van der Waals surface area (Å²) in [6.07, 6.45) is 1.96. The summed E-state index contributed by atoms with van der Waals surface area (Å²) >= 11 is 0. The van der Waals surface area contributed by atoms with E-state index < -0.39 is 0 Å². The van der Waals surface area contributed by atoms with Crippen LogP contribution in [-0.4, -0.2) is 11.5 Å². The Labute approximate surface area is 151 Å². The van der Waals surface area contributed by atoms with E-state index in [0.29, 0.717) is 17.1 Å². The van der Waals surface area contributed by atoms with Crippen molar-refractivity contribution < 1.29 is 4.79 Å². The van der Waals surface area contributed by atoms with Gasteiger partial charge >= 0.3 is 0 Å². The smallest absolute Gasteiger partial charge is 0.187 e. The van der Waals surface area contributed by atoms with Crippen LogP contribution in [0.1, 0.15) is 48.5 Å². The maximum absolute atomic E-state index is 13.1. The normalized spacial score (nSPS) is 23.6. The van der Waals surface area contributed by atoms with Crippen molar-refractivity contribution in [3.8, 4) is 0 Å². The minimum absolute atomic E-state index is 0.0177. The minimum Gasteiger partial charge on any atom is -0.397 e. The number of carbonyl (C=O) groups excluding carboxylic acids is 1. The highest BCUT2D eigenvalue weighted by Gasteiger charge is 2.44. The van der Waals surface area contributed by atoms with E-state index in [1.54, 1.807) is 0 Å². The van der Waals surface area contributed by atoms with Gasteiger partial charge in [0.25, 0.3) is 0 Å². The number of hydrogen-bond acceptors (Lipinski definition) is 4. The second kappa shape index (κ2) is 6.66. The van der Waals surface area contributed by atoms with Crippen LogP contribution < -0.4 is 11.2 Å². The van der Waals surface area contributed by atoms with E-state index >= 15 is 0 Å². The van der Waals surface area contributed by atoms with Gasteiger partial charge in [0.1, 0.15) is 5.71 Å². The lowest BCUT2D eigenvalue weighted by Gasteiger charge is -2.42. The van der Waals surface area contributed by atoms with Crippen molar-refractivity contribution in [2.24, 2.45) is 27.8 Å². The highest BCUT2D eigenvalue weighted by molar-refractivity contribution is 6.46. The summed E-state index contributed by atoms with van der Waals surface area (Å²) in [7, 11) is 0. The van der Waals surface area contributed by atoms with Crippen LogP contribution in [0.2, 0.25) is 0 Å². The molecule has 0 bridgehead atoms. The van der Waals surface area contributed by atoms with Gasteiger partial charge in [0, 0.05) is 5.92 Å². The molecule has 0 saturated heterocycles. The molecule has 1 aliphatic rings. The highest BCUT2D eigenvalue weighted by atomic mass is 16.1. The molecule has 2 rings (SSSR count). The molecule has 1 aromatic rings. The highest BCUT2D eigenvalue weighted by Crippen LogP contribution is 2.45. The quantitative estimate of drug-likeness (QED) is 0.594. The Morgan fingerprint density at radius 3 is 2.20 bits per heavy atom. The Kier molecular flexibility index (Phi) is 5.12. The molecule has 2 atom stereocenters. The number of carbonyl (C=O) groups is 1. The predicted molar refractivity (Wildman–Crippen MR) is 107 cm³/mol. The Morgan fingerprint density at radius 1 is 1.08 bits per heavy atom. The number of nitrogens with one attached hydrogen (secondary N) is 1. The first-order valence-corrected chi connectivity index (χ1v) is 8.87. The van der Waals surface area contributed by atoms with Crippen molar-refractivity contribution in [3.63, 3.8) is 0 Å². The predicted octanol–water partition coefficient (Wildman–Crippen LogP) is 4.89. The first-order chi connectivity index (χ1) is 11.4. The van der Waals surface area contributed by atoms with Gasteiger partial charge in [-0.15, -0.1) is 0 Å². The zero-order valence-electron chi connectivity index (χ0n) is 16.5. The molecular weight excluding hydrogens is 310 g/mol. The number of ketones is 1. The molecule has 0 amide bonds. The van der Waals surface area contributed by atoms with Crippen LogP contribution in [0.3, 0.4) is 0 Å². The fraction of sp³-hybridized carbons (Fsp3) is 0.524. The van der Waals surface area contributed by atoms with E-state index in [-0.39, 0.29) is 28.4 Å². The van der Waals surface area contributed by atoms with Gasteiger partial charge in [-0.25, -0.2) is 0 Å². The number of anilines is 2. The maximum Gasteiger partial charge on any atom is 0.187 e. The summed E-state index contributed by atoms with van der Waals surface area (Å²) in [6.45, 7) is 15.1. The SMILES string of the molecule is CC1C(C(C)(C)C)=CC(=NNc2ccccc2N)C(=O)C1C(C)(C)C. The van der Waals surface area contributed by atoms with Crippen LogP contribution in [0.5, 0.6) is 0 Å². The first kappa shape index (κ1) is 19.2. The van der Waals surface area contributed by atoms with Crippen molar-refractivity contribution in [2.75, 3.05) is 11.2 Å². The Bertz CT molecular complexity index is 717. The van der Waals surface area contributed by atoms with Crippen LogP contribution in [0.25, 0.3) is 0 Å². The molecule has 4 heteroatoms. The number of nitrogens with two attached hydrogens (primary N) is 1. The maximum atomic E-state index is 13.1. The number of nitrogen functional groups attached to an aromatic ring is 1. The number of nitrogens with zero attached hydrogens (tertiary/aromatic N) is 1. The molecule has 2 unspecified atom stereocenters. The molecule has 0 radical (unpaired) electrons. The molecule has 136 valence electrons. The van der Waals surface area contributed by atoms with Crippen molar-refractivity contribution in [1.29, 1.82) is 0 Å². The molecule has 1 aliphatic carbocycles. The van der Waals surface area contributed by atoms with E-state index in [2.05, 4.69) is 59.0 Å². The minimum atomic E-state index is -0.131. The lowest BCUT2D eigenvalue weighted by Crippen LogP contribution is -2.43. The third kappa shape index (κ3) is 4.12. The summed E-state index contributed by atoms with van der Waals surface area (Å²) in [6, 6.07) is 7.42. The Balaban J connectivity index is 2.47. The van der Waals surface area contributed by atoms with E-state index in [1.165, 1.54) is 5.57 Å². The molecule has 0 fully saturated rings. The molecule has 0 heterocycles. The summed E-state index contributed by atoms with van der Waals surface area (Å²) in [5, 5.41) is 4.42. The molecule has 0 aromatic heterocycles. The van der Waals surface area contributed by atoms with E-state index in [9.17, 15) is 4.79 Å². The lowest BCUT2D eigenvalue weighted by atomic mass is 9.61. The van der Waals surface area contributed by atoms with Gasteiger partial charge in [-0.1, -0.05) is 66.2 Å². The third-order valence-corrected chi connectivity index (χ3v) is 4.87. The van der Waals surface area contributed by atoms with Crippen molar-refractivity contribution in [3.05, 3.63) is 35.9 Å². The summed E-state index contributed by atoms with van der Waals surface area (Å²) in [4.78, 5) is 13.1. The van der Waals surface area contributed by atoms with Crippen LogP contribution in [0, 0.1) is 22.7 Å². The molecule has 0 spiro atoms. The second-order valence-corrected chi connectivity index (χ2v) is 9.04. The largest absolute Gasteiger partial charge is 0.397 e. The van der Waals surface area contributed by atoms with Crippen LogP contribution >= 0.6 is 0 Å². The summed E-state index contributed by atoms with van der Waals surface area (Å²) < 4.78 is 0. The average Bonchev–Trinajstić information content (AvgIpc) is 2.45. The van der Waals surface area contributed by atoms with Gasteiger partial charge < -0.3 is 5.73 Å². The molecule has 25 heavy (non-hydrogen) atoms. The van der Waals surface area contributed by atoms with Crippen molar-refractivity contribution in [1.82, 2.24) is 0 Å². The van der Waals surface area contributed by atoms with Crippen LogP contribution in [-0.2, 0) is 4.79 Å². The number of benzene rings is 1. The van der Waals surface area contributed by atoms with Gasteiger partial charge in [0.15, 0.2) is 5.78 Å². The molecule has 3 N–H and O–H groups in total. The standard InChI is InChI=1S/C21H31N3O/c1-13-14(20(2,3)4)12-17(19(25)18(13)21(5,6)7)24-23-16-11-9-8-10-15(16)22/h8-13,18,23H,22H2,1-7H3. The second-order valence-electron chi connectivity index (χ2n) is 9.04. The van der Waals surface area contributed by atoms with Gasteiger partial charge in [-0.3, -0.25) is 10.2 Å². The Hall–Kier alpha value is -2.10. The van der Waals surface area contributed by atoms with Gasteiger partial charge in [-0.2, -0.15) is 5.10 Å². The zero-order chi connectivity index (χ0) is 19.0. The average molecular weight is 341 g/mol. The number of allylic oxidation sites excluding steroid dienone is 2. The van der Waals surface area contributed by atoms with Crippen molar-refractivity contribution in [2.45, 2.75) is 48.5 Å². The molecule has 1 aromatic carbocycles. The number of para-hydroxylation sites is 2. The fourth-order valence-corrected chi connectivity index (χ4v) is 3.77. The van der Waals surface area contributed by atoms with Crippen LogP contribution in [0.15, 0.2) is 41.0 Å². The lowest BCUT2D eigenvalue weighted by molar-refractivity contribution is -0.121.